The quantitative estimate of drug-likeness (QED) is 0.725. The molecule has 1 aromatic carbocycles. The predicted molar refractivity (Wildman–Crippen MR) is 77.4 cm³/mol. The fourth-order valence-corrected chi connectivity index (χ4v) is 2.93. The lowest BCUT2D eigenvalue weighted by Crippen LogP contribution is -2.25. The van der Waals surface area contributed by atoms with E-state index in [1.807, 2.05) is 6.07 Å². The lowest BCUT2D eigenvalue weighted by Gasteiger charge is -2.14. The average molecular weight is 298 g/mol. The molecule has 1 aliphatic rings. The molecule has 104 valence electrons. The van der Waals surface area contributed by atoms with Gasteiger partial charge in [0.25, 0.3) is 5.91 Å². The third-order valence-corrected chi connectivity index (χ3v) is 4.02. The predicted octanol–water partition coefficient (Wildman–Crippen LogP) is 1.22. The van der Waals surface area contributed by atoms with Gasteiger partial charge in [0.2, 0.25) is 5.95 Å². The maximum atomic E-state index is 12.6. The molecule has 0 radical (unpaired) electrons. The lowest BCUT2D eigenvalue weighted by molar-refractivity contribution is 0.0750. The number of carbonyl (C=O) groups excluding carboxylic acids is 1. The largest absolute Gasteiger partial charge is 0.368 e. The van der Waals surface area contributed by atoms with Gasteiger partial charge in [0, 0.05) is 23.9 Å². The van der Waals surface area contributed by atoms with Crippen molar-refractivity contribution < 1.29 is 4.79 Å². The van der Waals surface area contributed by atoms with Crippen molar-refractivity contribution >= 4 is 34.6 Å². The first-order valence-electron chi connectivity index (χ1n) is 6.32. The molecule has 0 saturated heterocycles. The number of rotatable bonds is 1. The van der Waals surface area contributed by atoms with Crippen LogP contribution in [0.4, 0.5) is 5.95 Å². The molecule has 1 amide bonds. The Hall–Kier alpha value is -2.61. The molecule has 2 N–H and O–H groups in total. The van der Waals surface area contributed by atoms with Crippen LogP contribution >= 0.6 is 11.7 Å². The van der Waals surface area contributed by atoms with Crippen LogP contribution in [0.15, 0.2) is 24.4 Å². The van der Waals surface area contributed by atoms with E-state index in [0.29, 0.717) is 18.7 Å². The van der Waals surface area contributed by atoms with E-state index in [-0.39, 0.29) is 11.9 Å². The summed E-state index contributed by atoms with van der Waals surface area (Å²) in [5.41, 5.74) is 9.47. The zero-order valence-electron chi connectivity index (χ0n) is 10.9. The molecule has 2 aromatic heterocycles. The molecule has 3 heterocycles. The fraction of sp³-hybridized carbons (Fsp3) is 0.154. The average Bonchev–Trinajstić information content (AvgIpc) is 3.11. The Labute approximate surface area is 123 Å². The van der Waals surface area contributed by atoms with Crippen molar-refractivity contribution in [3.05, 3.63) is 41.2 Å². The molecular weight excluding hydrogens is 288 g/mol. The number of hydrogen-bond donors (Lipinski definition) is 1. The SMILES string of the molecule is Nc1ncc2c(n1)CN(C(=O)c1ccc3nsnc3c1)C2. The Morgan fingerprint density at radius 1 is 1.24 bits per heavy atom. The second-order valence-corrected chi connectivity index (χ2v) is 5.36. The fourth-order valence-electron chi connectivity index (χ4n) is 2.41. The van der Waals surface area contributed by atoms with Crippen LogP contribution in [0.5, 0.6) is 0 Å². The Bertz CT molecular complexity index is 861. The maximum Gasteiger partial charge on any atom is 0.254 e. The number of nitrogen functional groups attached to an aromatic ring is 1. The van der Waals surface area contributed by atoms with Gasteiger partial charge < -0.3 is 10.6 Å². The van der Waals surface area contributed by atoms with E-state index in [4.69, 9.17) is 5.73 Å². The number of fused-ring (bicyclic) bond motifs is 2. The van der Waals surface area contributed by atoms with Crippen molar-refractivity contribution in [1.29, 1.82) is 0 Å². The standard InChI is InChI=1S/C13H10N6OS/c14-13-15-4-8-5-19(6-11(8)16-13)12(20)7-1-2-9-10(3-7)18-21-17-9/h1-4H,5-6H2,(H2,14,15,16). The monoisotopic (exact) mass is 298 g/mol. The van der Waals surface area contributed by atoms with E-state index in [0.717, 1.165) is 34.0 Å². The second-order valence-electron chi connectivity index (χ2n) is 4.83. The number of nitrogens with two attached hydrogens (primary N) is 1. The van der Waals surface area contributed by atoms with Crippen molar-refractivity contribution in [3.63, 3.8) is 0 Å². The molecule has 0 spiro atoms. The van der Waals surface area contributed by atoms with E-state index in [1.165, 1.54) is 0 Å². The van der Waals surface area contributed by atoms with Crippen molar-refractivity contribution in [2.45, 2.75) is 13.1 Å². The molecule has 0 saturated carbocycles. The minimum absolute atomic E-state index is 0.0542. The summed E-state index contributed by atoms with van der Waals surface area (Å²) in [6.07, 6.45) is 1.68. The highest BCUT2D eigenvalue weighted by Crippen LogP contribution is 2.23. The maximum absolute atomic E-state index is 12.6. The summed E-state index contributed by atoms with van der Waals surface area (Å²) >= 11 is 1.14. The summed E-state index contributed by atoms with van der Waals surface area (Å²) in [6, 6.07) is 5.35. The number of anilines is 1. The molecule has 0 fully saturated rings. The van der Waals surface area contributed by atoms with E-state index in [1.54, 1.807) is 23.2 Å². The van der Waals surface area contributed by atoms with Gasteiger partial charge in [-0.05, 0) is 18.2 Å². The normalized spacial score (nSPS) is 13.6. The number of amides is 1. The number of hydrogen-bond acceptors (Lipinski definition) is 7. The third-order valence-electron chi connectivity index (χ3n) is 3.46. The van der Waals surface area contributed by atoms with Crippen LogP contribution in [0.1, 0.15) is 21.6 Å². The number of aromatic nitrogens is 4. The van der Waals surface area contributed by atoms with Gasteiger partial charge >= 0.3 is 0 Å². The van der Waals surface area contributed by atoms with Crippen LogP contribution in [0, 0.1) is 0 Å². The van der Waals surface area contributed by atoms with Crippen LogP contribution in [0.25, 0.3) is 11.0 Å². The first-order valence-corrected chi connectivity index (χ1v) is 7.05. The minimum atomic E-state index is -0.0542. The zero-order valence-corrected chi connectivity index (χ0v) is 11.7. The van der Waals surface area contributed by atoms with Gasteiger partial charge in [0.15, 0.2) is 0 Å². The number of carbonyl (C=O) groups is 1. The van der Waals surface area contributed by atoms with Crippen LogP contribution in [0.2, 0.25) is 0 Å². The van der Waals surface area contributed by atoms with Gasteiger partial charge in [0.05, 0.1) is 24.0 Å². The van der Waals surface area contributed by atoms with Crippen molar-refractivity contribution in [2.75, 3.05) is 5.73 Å². The van der Waals surface area contributed by atoms with Gasteiger partial charge in [-0.2, -0.15) is 8.75 Å². The van der Waals surface area contributed by atoms with E-state index in [9.17, 15) is 4.79 Å². The van der Waals surface area contributed by atoms with E-state index < -0.39 is 0 Å². The molecule has 0 unspecified atom stereocenters. The molecule has 21 heavy (non-hydrogen) atoms. The summed E-state index contributed by atoms with van der Waals surface area (Å²) in [5, 5.41) is 0. The topological polar surface area (TPSA) is 97.9 Å². The van der Waals surface area contributed by atoms with Crippen LogP contribution < -0.4 is 5.73 Å². The molecule has 3 aromatic rings. The van der Waals surface area contributed by atoms with Crippen LogP contribution in [-0.2, 0) is 13.1 Å². The van der Waals surface area contributed by atoms with E-state index >= 15 is 0 Å². The van der Waals surface area contributed by atoms with Gasteiger partial charge in [-0.3, -0.25) is 4.79 Å². The van der Waals surface area contributed by atoms with Crippen LogP contribution in [-0.4, -0.2) is 29.5 Å². The highest BCUT2D eigenvalue weighted by Gasteiger charge is 2.26. The smallest absolute Gasteiger partial charge is 0.254 e. The molecule has 1 aliphatic heterocycles. The van der Waals surface area contributed by atoms with Gasteiger partial charge in [0.1, 0.15) is 11.0 Å². The van der Waals surface area contributed by atoms with E-state index in [2.05, 4.69) is 18.7 Å². The first kappa shape index (κ1) is 12.2. The molecule has 0 aliphatic carbocycles. The van der Waals surface area contributed by atoms with Crippen molar-refractivity contribution in [1.82, 2.24) is 23.6 Å². The Kier molecular flexibility index (Phi) is 2.58. The second kappa shape index (κ2) is 4.45. The third kappa shape index (κ3) is 2.00. The lowest BCUT2D eigenvalue weighted by atomic mass is 10.2. The van der Waals surface area contributed by atoms with Crippen molar-refractivity contribution in [2.24, 2.45) is 0 Å². The van der Waals surface area contributed by atoms with Gasteiger partial charge in [-0.25, -0.2) is 9.97 Å². The van der Waals surface area contributed by atoms with Crippen LogP contribution in [0.3, 0.4) is 0 Å². The number of nitrogens with zero attached hydrogens (tertiary/aromatic N) is 5. The number of benzene rings is 1. The van der Waals surface area contributed by atoms with Crippen molar-refractivity contribution in [3.8, 4) is 0 Å². The zero-order chi connectivity index (χ0) is 14.4. The first-order chi connectivity index (χ1) is 10.2. The Morgan fingerprint density at radius 3 is 3.00 bits per heavy atom. The minimum Gasteiger partial charge on any atom is -0.368 e. The molecule has 0 bridgehead atoms. The molecule has 8 heteroatoms. The highest BCUT2D eigenvalue weighted by molar-refractivity contribution is 7.00. The highest BCUT2D eigenvalue weighted by atomic mass is 32.1. The summed E-state index contributed by atoms with van der Waals surface area (Å²) in [4.78, 5) is 22.4. The van der Waals surface area contributed by atoms with Gasteiger partial charge in [-0.15, -0.1) is 0 Å². The molecule has 0 atom stereocenters. The summed E-state index contributed by atoms with van der Waals surface area (Å²) in [5.74, 6) is 0.180. The van der Waals surface area contributed by atoms with Gasteiger partial charge in [-0.1, -0.05) is 0 Å². The molecule has 4 rings (SSSR count). The molecular formula is C13H10N6OS. The Morgan fingerprint density at radius 2 is 2.10 bits per heavy atom. The Balaban J connectivity index is 1.64. The summed E-state index contributed by atoms with van der Waals surface area (Å²) in [6.45, 7) is 0.954. The molecule has 7 nitrogen and oxygen atoms in total. The summed E-state index contributed by atoms with van der Waals surface area (Å²) in [7, 11) is 0. The summed E-state index contributed by atoms with van der Waals surface area (Å²) < 4.78 is 8.29.